The van der Waals surface area contributed by atoms with Crippen LogP contribution in [-0.2, 0) is 9.53 Å². The number of ether oxygens (including phenoxy) is 1. The molecule has 9 heteroatoms. The molecule has 1 saturated heterocycles. The van der Waals surface area contributed by atoms with Crippen LogP contribution < -0.4 is 0 Å². The van der Waals surface area contributed by atoms with Crippen LogP contribution in [0.15, 0.2) is 24.3 Å². The molecule has 1 aromatic heterocycles. The van der Waals surface area contributed by atoms with E-state index in [1.807, 2.05) is 6.07 Å². The van der Waals surface area contributed by atoms with E-state index in [0.717, 1.165) is 0 Å². The first-order valence-electron chi connectivity index (χ1n) is 8.26. The molecule has 1 aliphatic rings. The molecule has 3 rings (SSSR count). The number of carbonyl (C=O) groups excluding carboxylic acids is 1. The van der Waals surface area contributed by atoms with Crippen molar-refractivity contribution < 1.29 is 19.4 Å². The minimum atomic E-state index is -1.07. The monoisotopic (exact) mass is 378 g/mol. The van der Waals surface area contributed by atoms with Gasteiger partial charge >= 0.3 is 5.97 Å². The predicted octanol–water partition coefficient (Wildman–Crippen LogP) is 1.93. The molecule has 0 spiro atoms. The van der Waals surface area contributed by atoms with Crippen molar-refractivity contribution in [3.8, 4) is 5.69 Å². The molecular weight excluding hydrogens is 360 g/mol. The molecule has 1 aliphatic heterocycles. The molecule has 1 N–H and O–H groups in total. The third-order valence-corrected chi connectivity index (χ3v) is 4.70. The molecule has 8 nitrogen and oxygen atoms in total. The number of aliphatic carboxylic acids is 1. The number of hydrogen-bond donors (Lipinski definition) is 1. The number of benzene rings is 1. The number of nitrogens with zero attached hydrogens (tertiary/aromatic N) is 4. The van der Waals surface area contributed by atoms with Crippen LogP contribution >= 0.6 is 11.6 Å². The summed E-state index contributed by atoms with van der Waals surface area (Å²) < 4.78 is 6.79. The van der Waals surface area contributed by atoms with Gasteiger partial charge in [-0.25, -0.2) is 4.68 Å². The summed E-state index contributed by atoms with van der Waals surface area (Å²) in [6.45, 7) is 2.32. The van der Waals surface area contributed by atoms with Gasteiger partial charge in [0.2, 0.25) is 0 Å². The summed E-state index contributed by atoms with van der Waals surface area (Å²) in [7, 11) is 0. The Morgan fingerprint density at radius 1 is 1.35 bits per heavy atom. The molecule has 0 atom stereocenters. The van der Waals surface area contributed by atoms with Crippen molar-refractivity contribution in [2.75, 3.05) is 19.8 Å². The lowest BCUT2D eigenvalue weighted by Crippen LogP contribution is -2.46. The highest BCUT2D eigenvalue weighted by Gasteiger charge is 2.31. The van der Waals surface area contributed by atoms with Gasteiger partial charge in [-0.15, -0.1) is 5.10 Å². The first-order valence-corrected chi connectivity index (χ1v) is 8.64. The molecule has 0 radical (unpaired) electrons. The number of aromatic nitrogens is 3. The molecular formula is C17H19ClN4O4. The number of carbonyl (C=O) groups is 2. The van der Waals surface area contributed by atoms with Gasteiger partial charge < -0.3 is 14.7 Å². The maximum Gasteiger partial charge on any atom is 0.323 e. The SMILES string of the molecule is Cc1c(C(=O)N(CC(=O)O)C2CCOCC2)nnn1-c1ccccc1Cl. The zero-order valence-electron chi connectivity index (χ0n) is 14.3. The summed E-state index contributed by atoms with van der Waals surface area (Å²) in [5.41, 5.74) is 1.23. The average molecular weight is 379 g/mol. The molecule has 138 valence electrons. The fourth-order valence-electron chi connectivity index (χ4n) is 3.02. The lowest BCUT2D eigenvalue weighted by Gasteiger charge is -2.32. The van der Waals surface area contributed by atoms with Crippen molar-refractivity contribution in [1.29, 1.82) is 0 Å². The van der Waals surface area contributed by atoms with Gasteiger partial charge in [-0.3, -0.25) is 9.59 Å². The minimum absolute atomic E-state index is 0.123. The molecule has 1 amide bonds. The molecule has 0 bridgehead atoms. The maximum absolute atomic E-state index is 13.0. The van der Waals surface area contributed by atoms with Gasteiger partial charge in [-0.2, -0.15) is 0 Å². The van der Waals surface area contributed by atoms with Gasteiger partial charge in [0.25, 0.3) is 5.91 Å². The second kappa shape index (κ2) is 7.84. The number of carboxylic acid groups (broad SMARTS) is 1. The molecule has 0 unspecified atom stereocenters. The number of rotatable bonds is 5. The van der Waals surface area contributed by atoms with Gasteiger partial charge in [-0.05, 0) is 31.9 Å². The van der Waals surface area contributed by atoms with Crippen LogP contribution in [0.3, 0.4) is 0 Å². The van der Waals surface area contributed by atoms with Crippen LogP contribution in [0.1, 0.15) is 29.0 Å². The number of hydrogen-bond acceptors (Lipinski definition) is 5. The zero-order valence-corrected chi connectivity index (χ0v) is 15.0. The first kappa shape index (κ1) is 18.3. The van der Waals surface area contributed by atoms with Crippen LogP contribution in [0.5, 0.6) is 0 Å². The van der Waals surface area contributed by atoms with Crippen molar-refractivity contribution in [2.45, 2.75) is 25.8 Å². The molecule has 26 heavy (non-hydrogen) atoms. The van der Waals surface area contributed by atoms with Gasteiger partial charge in [0.15, 0.2) is 5.69 Å². The molecule has 2 heterocycles. The summed E-state index contributed by atoms with van der Waals surface area (Å²) in [5, 5.41) is 17.7. The zero-order chi connectivity index (χ0) is 18.7. The summed E-state index contributed by atoms with van der Waals surface area (Å²) in [4.78, 5) is 25.6. The third-order valence-electron chi connectivity index (χ3n) is 4.38. The van der Waals surface area contributed by atoms with Gasteiger partial charge in [0, 0.05) is 19.3 Å². The Labute approximate surface area is 155 Å². The Morgan fingerprint density at radius 2 is 2.04 bits per heavy atom. The van der Waals surface area contributed by atoms with E-state index < -0.39 is 11.9 Å². The van der Waals surface area contributed by atoms with Crippen molar-refractivity contribution >= 4 is 23.5 Å². The number of halogens is 1. The number of amides is 1. The molecule has 2 aromatic rings. The topological polar surface area (TPSA) is 97.6 Å². The van der Waals surface area contributed by atoms with Gasteiger partial charge in [0.05, 0.1) is 16.4 Å². The fraction of sp³-hybridized carbons (Fsp3) is 0.412. The number of para-hydroxylation sites is 1. The molecule has 1 fully saturated rings. The Morgan fingerprint density at radius 3 is 2.69 bits per heavy atom. The largest absolute Gasteiger partial charge is 0.480 e. The van der Waals surface area contributed by atoms with E-state index >= 15 is 0 Å². The standard InChI is InChI=1S/C17H19ClN4O4/c1-11-16(19-20-22(11)14-5-3-2-4-13(14)18)17(25)21(10-15(23)24)12-6-8-26-9-7-12/h2-5,12H,6-10H2,1H3,(H,23,24). The van der Waals surface area contributed by atoms with Gasteiger partial charge in [0.1, 0.15) is 6.54 Å². The van der Waals surface area contributed by atoms with E-state index in [4.69, 9.17) is 16.3 Å². The van der Waals surface area contributed by atoms with Crippen LogP contribution in [0.25, 0.3) is 5.69 Å². The Balaban J connectivity index is 1.92. The lowest BCUT2D eigenvalue weighted by molar-refractivity contribution is -0.138. The molecule has 0 saturated carbocycles. The third kappa shape index (κ3) is 3.71. The second-order valence-corrected chi connectivity index (χ2v) is 6.46. The second-order valence-electron chi connectivity index (χ2n) is 6.06. The summed E-state index contributed by atoms with van der Waals surface area (Å²) >= 11 is 6.20. The highest BCUT2D eigenvalue weighted by atomic mass is 35.5. The normalized spacial score (nSPS) is 15.0. The Kier molecular flexibility index (Phi) is 5.53. The Hall–Kier alpha value is -2.45. The van der Waals surface area contributed by atoms with Crippen molar-refractivity contribution in [3.63, 3.8) is 0 Å². The highest BCUT2D eigenvalue weighted by molar-refractivity contribution is 6.32. The first-order chi connectivity index (χ1) is 12.5. The highest BCUT2D eigenvalue weighted by Crippen LogP contribution is 2.23. The molecule has 1 aromatic carbocycles. The van der Waals surface area contributed by atoms with Crippen LogP contribution in [-0.4, -0.2) is 62.7 Å². The predicted molar refractivity (Wildman–Crippen MR) is 93.6 cm³/mol. The van der Waals surface area contributed by atoms with E-state index in [0.29, 0.717) is 42.5 Å². The van der Waals surface area contributed by atoms with E-state index in [9.17, 15) is 14.7 Å². The summed E-state index contributed by atoms with van der Waals surface area (Å²) in [6.07, 6.45) is 1.19. The van der Waals surface area contributed by atoms with Crippen LogP contribution in [0.2, 0.25) is 5.02 Å². The fourth-order valence-corrected chi connectivity index (χ4v) is 3.24. The summed E-state index contributed by atoms with van der Waals surface area (Å²) in [5.74, 6) is -1.52. The van der Waals surface area contributed by atoms with E-state index in [-0.39, 0.29) is 18.3 Å². The smallest absolute Gasteiger partial charge is 0.323 e. The van der Waals surface area contributed by atoms with Gasteiger partial charge in [-0.1, -0.05) is 28.9 Å². The van der Waals surface area contributed by atoms with Crippen molar-refractivity contribution in [3.05, 3.63) is 40.7 Å². The number of carboxylic acids is 1. The molecule has 0 aliphatic carbocycles. The van der Waals surface area contributed by atoms with E-state index in [2.05, 4.69) is 10.3 Å². The maximum atomic E-state index is 13.0. The van der Waals surface area contributed by atoms with Crippen molar-refractivity contribution in [1.82, 2.24) is 19.9 Å². The average Bonchev–Trinajstić information content (AvgIpc) is 3.01. The van der Waals surface area contributed by atoms with E-state index in [1.165, 1.54) is 9.58 Å². The van der Waals surface area contributed by atoms with Crippen LogP contribution in [0, 0.1) is 6.92 Å². The van der Waals surface area contributed by atoms with Crippen molar-refractivity contribution in [2.24, 2.45) is 0 Å². The lowest BCUT2D eigenvalue weighted by atomic mass is 10.1. The summed E-state index contributed by atoms with van der Waals surface area (Å²) in [6, 6.07) is 6.90. The Bertz CT molecular complexity index is 817. The van der Waals surface area contributed by atoms with E-state index in [1.54, 1.807) is 25.1 Å². The quantitative estimate of drug-likeness (QED) is 0.853. The van der Waals surface area contributed by atoms with Crippen LogP contribution in [0.4, 0.5) is 0 Å². The minimum Gasteiger partial charge on any atom is -0.480 e.